The highest BCUT2D eigenvalue weighted by molar-refractivity contribution is 9.10. The zero-order valence-corrected chi connectivity index (χ0v) is 18.9. The predicted molar refractivity (Wildman–Crippen MR) is 118 cm³/mol. The second-order valence-corrected chi connectivity index (χ2v) is 9.69. The van der Waals surface area contributed by atoms with Crippen LogP contribution < -0.4 is 11.1 Å². The number of hydrogen-bond donors (Lipinski definition) is 2. The van der Waals surface area contributed by atoms with E-state index in [0.29, 0.717) is 15.7 Å². The molecular weight excluding hydrogens is 437 g/mol. The van der Waals surface area contributed by atoms with Crippen LogP contribution in [-0.2, 0) is 4.74 Å². The molecule has 3 N–H and O–H groups in total. The van der Waals surface area contributed by atoms with E-state index in [1.54, 1.807) is 4.90 Å². The monoisotopic (exact) mass is 465 g/mol. The number of amides is 1. The molecule has 7 heteroatoms. The molecule has 1 amide bonds. The average molecular weight is 466 g/mol. The standard InChI is InChI=1S/C22H29BrFN3O2/c1-21(2,3)29-20(28)27-12-10-22(24,11-13-27)9-8-16-6-7-17(19(25)18(16)23)26-14-15-4-5-15/h6-7,15,26H,4-5,10-14,25H2,1-3H3. The second kappa shape index (κ2) is 8.43. The highest BCUT2D eigenvalue weighted by atomic mass is 79.9. The SMILES string of the molecule is CC(C)(C)OC(=O)N1CCC(F)(C#Cc2ccc(NCC3CC3)c(N)c2Br)CC1. The van der Waals surface area contributed by atoms with E-state index in [0.717, 1.165) is 18.2 Å². The highest BCUT2D eigenvalue weighted by Crippen LogP contribution is 2.34. The number of nitrogen functional groups attached to an aromatic ring is 1. The third kappa shape index (κ3) is 6.02. The fraction of sp³-hybridized carbons (Fsp3) is 0.591. The molecule has 1 aromatic rings. The first kappa shape index (κ1) is 21.8. The molecule has 0 aromatic heterocycles. The highest BCUT2D eigenvalue weighted by Gasteiger charge is 2.36. The molecule has 1 saturated heterocycles. The molecule has 0 unspecified atom stereocenters. The van der Waals surface area contributed by atoms with E-state index in [1.807, 2.05) is 32.9 Å². The van der Waals surface area contributed by atoms with E-state index in [4.69, 9.17) is 10.5 Å². The Morgan fingerprint density at radius 2 is 2.03 bits per heavy atom. The molecule has 1 aliphatic heterocycles. The molecule has 0 radical (unpaired) electrons. The normalized spacial score (nSPS) is 18.6. The second-order valence-electron chi connectivity index (χ2n) is 8.90. The summed E-state index contributed by atoms with van der Waals surface area (Å²) in [4.78, 5) is 13.7. The van der Waals surface area contributed by atoms with Crippen molar-refractivity contribution in [3.8, 4) is 11.8 Å². The number of rotatable bonds is 3. The van der Waals surface area contributed by atoms with Crippen molar-refractivity contribution in [2.45, 2.75) is 57.7 Å². The lowest BCUT2D eigenvalue weighted by Gasteiger charge is -2.34. The van der Waals surface area contributed by atoms with Crippen molar-refractivity contribution in [2.24, 2.45) is 5.92 Å². The molecule has 0 atom stereocenters. The van der Waals surface area contributed by atoms with Gasteiger partial charge in [0.15, 0.2) is 5.67 Å². The lowest BCUT2D eigenvalue weighted by Crippen LogP contribution is -2.45. The van der Waals surface area contributed by atoms with Crippen molar-refractivity contribution < 1.29 is 13.9 Å². The predicted octanol–water partition coefficient (Wildman–Crippen LogP) is 4.94. The first-order valence-electron chi connectivity index (χ1n) is 10.1. The Hall–Kier alpha value is -1.94. The number of ether oxygens (including phenoxy) is 1. The van der Waals surface area contributed by atoms with E-state index in [9.17, 15) is 4.79 Å². The number of piperidine rings is 1. The number of carbonyl (C=O) groups is 1. The molecule has 2 fully saturated rings. The van der Waals surface area contributed by atoms with E-state index in [-0.39, 0.29) is 25.9 Å². The maximum absolute atomic E-state index is 15.1. The molecule has 29 heavy (non-hydrogen) atoms. The fourth-order valence-electron chi connectivity index (χ4n) is 3.09. The van der Waals surface area contributed by atoms with Crippen molar-refractivity contribution in [2.75, 3.05) is 30.7 Å². The van der Waals surface area contributed by atoms with Gasteiger partial charge in [0.05, 0.1) is 15.8 Å². The molecule has 1 aromatic carbocycles. The van der Waals surface area contributed by atoms with Crippen LogP contribution >= 0.6 is 15.9 Å². The molecule has 158 valence electrons. The molecule has 2 aliphatic rings. The number of anilines is 2. The van der Waals surface area contributed by atoms with Crippen LogP contribution in [0.4, 0.5) is 20.6 Å². The smallest absolute Gasteiger partial charge is 0.410 e. The number of nitrogens with zero attached hydrogens (tertiary/aromatic N) is 1. The molecular formula is C22H29BrFN3O2. The summed E-state index contributed by atoms with van der Waals surface area (Å²) in [6.07, 6.45) is 2.45. The number of nitrogens with two attached hydrogens (primary N) is 1. The molecule has 1 aliphatic carbocycles. The number of halogens is 2. The molecule has 3 rings (SSSR count). The van der Waals surface area contributed by atoms with Crippen LogP contribution in [0.2, 0.25) is 0 Å². The fourth-order valence-corrected chi connectivity index (χ4v) is 3.54. The number of benzene rings is 1. The summed E-state index contributed by atoms with van der Waals surface area (Å²) in [7, 11) is 0. The van der Waals surface area contributed by atoms with Crippen LogP contribution in [-0.4, -0.2) is 41.9 Å². The van der Waals surface area contributed by atoms with Gasteiger partial charge in [-0.25, -0.2) is 9.18 Å². The Labute approximate surface area is 180 Å². The first-order chi connectivity index (χ1) is 13.6. The van der Waals surface area contributed by atoms with Crippen LogP contribution in [0.25, 0.3) is 0 Å². The summed E-state index contributed by atoms with van der Waals surface area (Å²) in [5.74, 6) is 6.45. The van der Waals surface area contributed by atoms with Crippen LogP contribution in [0.1, 0.15) is 52.0 Å². The zero-order chi connectivity index (χ0) is 21.2. The minimum Gasteiger partial charge on any atom is -0.444 e. The quantitative estimate of drug-likeness (QED) is 0.489. The molecule has 0 spiro atoms. The maximum atomic E-state index is 15.1. The van der Waals surface area contributed by atoms with Gasteiger partial charge in [0.1, 0.15) is 5.60 Å². The van der Waals surface area contributed by atoms with Crippen molar-refractivity contribution in [3.05, 3.63) is 22.2 Å². The van der Waals surface area contributed by atoms with E-state index < -0.39 is 17.4 Å². The van der Waals surface area contributed by atoms with Gasteiger partial charge < -0.3 is 20.7 Å². The third-order valence-corrected chi connectivity index (χ3v) is 5.94. The molecule has 0 bridgehead atoms. The average Bonchev–Trinajstić information content (AvgIpc) is 3.46. The van der Waals surface area contributed by atoms with Gasteiger partial charge in [0.2, 0.25) is 0 Å². The largest absolute Gasteiger partial charge is 0.444 e. The summed E-state index contributed by atoms with van der Waals surface area (Å²) in [5, 5.41) is 3.36. The number of hydrogen-bond acceptors (Lipinski definition) is 4. The molecule has 1 heterocycles. The number of carbonyl (C=O) groups excluding carboxylic acids is 1. The zero-order valence-electron chi connectivity index (χ0n) is 17.3. The third-order valence-electron chi connectivity index (χ3n) is 5.09. The lowest BCUT2D eigenvalue weighted by atomic mass is 9.93. The number of alkyl halides is 1. The van der Waals surface area contributed by atoms with Gasteiger partial charge in [0, 0.05) is 38.0 Å². The Balaban J connectivity index is 1.62. The minimum absolute atomic E-state index is 0.160. The Bertz CT molecular complexity index is 829. The number of likely N-dealkylation sites (tertiary alicyclic amines) is 1. The van der Waals surface area contributed by atoms with Crippen LogP contribution in [0.5, 0.6) is 0 Å². The van der Waals surface area contributed by atoms with Crippen molar-refractivity contribution in [1.82, 2.24) is 4.90 Å². The van der Waals surface area contributed by atoms with Crippen LogP contribution in [0, 0.1) is 17.8 Å². The van der Waals surface area contributed by atoms with Gasteiger partial charge in [-0.1, -0.05) is 11.8 Å². The van der Waals surface area contributed by atoms with E-state index in [1.165, 1.54) is 12.8 Å². The van der Waals surface area contributed by atoms with E-state index in [2.05, 4.69) is 33.1 Å². The molecule has 1 saturated carbocycles. The maximum Gasteiger partial charge on any atom is 0.410 e. The summed E-state index contributed by atoms with van der Waals surface area (Å²) in [6.45, 7) is 6.94. The summed E-state index contributed by atoms with van der Waals surface area (Å²) in [6, 6.07) is 3.74. The Morgan fingerprint density at radius 1 is 1.38 bits per heavy atom. The summed E-state index contributed by atoms with van der Waals surface area (Å²) in [5.41, 5.74) is 6.13. The van der Waals surface area contributed by atoms with Gasteiger partial charge >= 0.3 is 6.09 Å². The van der Waals surface area contributed by atoms with Gasteiger partial charge in [0.25, 0.3) is 0 Å². The van der Waals surface area contributed by atoms with E-state index >= 15 is 4.39 Å². The van der Waals surface area contributed by atoms with Crippen LogP contribution in [0.3, 0.4) is 0 Å². The Kier molecular flexibility index (Phi) is 6.33. The lowest BCUT2D eigenvalue weighted by molar-refractivity contribution is 0.0117. The molecule has 5 nitrogen and oxygen atoms in total. The first-order valence-corrected chi connectivity index (χ1v) is 10.9. The van der Waals surface area contributed by atoms with Crippen molar-refractivity contribution in [3.63, 3.8) is 0 Å². The van der Waals surface area contributed by atoms with Gasteiger partial charge in [-0.15, -0.1) is 0 Å². The topological polar surface area (TPSA) is 67.6 Å². The van der Waals surface area contributed by atoms with Crippen LogP contribution in [0.15, 0.2) is 16.6 Å². The minimum atomic E-state index is -1.63. The van der Waals surface area contributed by atoms with Gasteiger partial charge in [-0.05, 0) is 67.6 Å². The van der Waals surface area contributed by atoms with Crippen molar-refractivity contribution >= 4 is 33.4 Å². The summed E-state index contributed by atoms with van der Waals surface area (Å²) < 4.78 is 21.2. The van der Waals surface area contributed by atoms with Crippen molar-refractivity contribution in [1.29, 1.82) is 0 Å². The van der Waals surface area contributed by atoms with Gasteiger partial charge in [-0.3, -0.25) is 0 Å². The Morgan fingerprint density at radius 3 is 2.62 bits per heavy atom. The number of nitrogens with one attached hydrogen (secondary N) is 1. The summed E-state index contributed by atoms with van der Waals surface area (Å²) >= 11 is 3.49. The van der Waals surface area contributed by atoms with Gasteiger partial charge in [-0.2, -0.15) is 0 Å².